The standard InChI is InChI=1S/C12H25NO/c1-5-9-6-12(13,8-14)10(9)7-11(2,3)4/h9-10,14H,5-8,13H2,1-4H3/t9-,10+,12?/m1/s1. The Bertz CT molecular complexity index is 197. The summed E-state index contributed by atoms with van der Waals surface area (Å²) in [5.74, 6) is 1.24. The van der Waals surface area contributed by atoms with Crippen molar-refractivity contribution in [3.8, 4) is 0 Å². The third kappa shape index (κ3) is 2.29. The lowest BCUT2D eigenvalue weighted by Crippen LogP contribution is -2.63. The van der Waals surface area contributed by atoms with Crippen molar-refractivity contribution in [1.82, 2.24) is 0 Å². The molecule has 1 unspecified atom stereocenters. The second-order valence-corrected chi connectivity index (χ2v) is 6.14. The van der Waals surface area contributed by atoms with E-state index in [0.717, 1.165) is 18.8 Å². The highest BCUT2D eigenvalue weighted by Crippen LogP contribution is 2.49. The number of nitrogens with two attached hydrogens (primary N) is 1. The van der Waals surface area contributed by atoms with Crippen LogP contribution in [-0.2, 0) is 0 Å². The highest BCUT2D eigenvalue weighted by atomic mass is 16.3. The van der Waals surface area contributed by atoms with Crippen molar-refractivity contribution in [2.45, 2.75) is 52.5 Å². The molecule has 0 aromatic rings. The van der Waals surface area contributed by atoms with E-state index in [1.54, 1.807) is 0 Å². The molecular weight excluding hydrogens is 174 g/mol. The van der Waals surface area contributed by atoms with Gasteiger partial charge in [-0.15, -0.1) is 0 Å². The molecule has 0 heterocycles. The molecule has 0 spiro atoms. The van der Waals surface area contributed by atoms with E-state index in [-0.39, 0.29) is 12.1 Å². The van der Waals surface area contributed by atoms with Gasteiger partial charge in [0.2, 0.25) is 0 Å². The average Bonchev–Trinajstić information content (AvgIpc) is 2.08. The summed E-state index contributed by atoms with van der Waals surface area (Å²) in [5, 5.41) is 9.30. The van der Waals surface area contributed by atoms with Gasteiger partial charge in [0.15, 0.2) is 0 Å². The van der Waals surface area contributed by atoms with Gasteiger partial charge in [-0.3, -0.25) is 0 Å². The van der Waals surface area contributed by atoms with Gasteiger partial charge in [0.25, 0.3) is 0 Å². The molecule has 1 aliphatic rings. The van der Waals surface area contributed by atoms with Crippen LogP contribution in [0.1, 0.15) is 47.0 Å². The molecule has 0 bridgehead atoms. The zero-order valence-corrected chi connectivity index (χ0v) is 10.0. The summed E-state index contributed by atoms with van der Waals surface area (Å²) in [6, 6.07) is 0. The smallest absolute Gasteiger partial charge is 0.0614 e. The van der Waals surface area contributed by atoms with E-state index in [9.17, 15) is 5.11 Å². The van der Waals surface area contributed by atoms with Crippen molar-refractivity contribution >= 4 is 0 Å². The van der Waals surface area contributed by atoms with Crippen LogP contribution in [-0.4, -0.2) is 17.3 Å². The second kappa shape index (κ2) is 3.82. The van der Waals surface area contributed by atoms with Crippen LogP contribution < -0.4 is 5.73 Å². The van der Waals surface area contributed by atoms with E-state index in [1.807, 2.05) is 0 Å². The summed E-state index contributed by atoms with van der Waals surface area (Å²) in [5.41, 5.74) is 6.20. The van der Waals surface area contributed by atoms with E-state index < -0.39 is 0 Å². The van der Waals surface area contributed by atoms with Crippen LogP contribution in [0.3, 0.4) is 0 Å². The number of aliphatic hydroxyl groups is 1. The molecule has 0 aliphatic heterocycles. The predicted molar refractivity (Wildman–Crippen MR) is 60.0 cm³/mol. The first-order valence-electron chi connectivity index (χ1n) is 5.72. The zero-order chi connectivity index (χ0) is 11.0. The zero-order valence-electron chi connectivity index (χ0n) is 10.0. The van der Waals surface area contributed by atoms with Crippen LogP contribution in [0, 0.1) is 17.3 Å². The fraction of sp³-hybridized carbons (Fsp3) is 1.00. The quantitative estimate of drug-likeness (QED) is 0.731. The molecule has 1 rings (SSSR count). The highest BCUT2D eigenvalue weighted by Gasteiger charge is 2.50. The molecule has 0 aromatic heterocycles. The lowest BCUT2D eigenvalue weighted by molar-refractivity contribution is -0.0314. The molecular formula is C12H25NO. The topological polar surface area (TPSA) is 46.2 Å². The summed E-state index contributed by atoms with van der Waals surface area (Å²) in [6.07, 6.45) is 3.32. The van der Waals surface area contributed by atoms with E-state index in [0.29, 0.717) is 11.3 Å². The summed E-state index contributed by atoms with van der Waals surface area (Å²) >= 11 is 0. The van der Waals surface area contributed by atoms with Gasteiger partial charge < -0.3 is 10.8 Å². The minimum atomic E-state index is -0.284. The monoisotopic (exact) mass is 199 g/mol. The Balaban J connectivity index is 2.62. The molecule has 1 fully saturated rings. The van der Waals surface area contributed by atoms with E-state index in [1.165, 1.54) is 6.42 Å². The minimum absolute atomic E-state index is 0.143. The first-order chi connectivity index (χ1) is 6.32. The minimum Gasteiger partial charge on any atom is -0.394 e. The number of hydrogen-bond donors (Lipinski definition) is 2. The van der Waals surface area contributed by atoms with E-state index in [2.05, 4.69) is 27.7 Å². The number of rotatable bonds is 3. The maximum Gasteiger partial charge on any atom is 0.0614 e. The van der Waals surface area contributed by atoms with Crippen molar-refractivity contribution in [2.24, 2.45) is 23.0 Å². The SMILES string of the molecule is CC[C@@H]1CC(N)(CO)[C@H]1CC(C)(C)C. The lowest BCUT2D eigenvalue weighted by atomic mass is 9.55. The van der Waals surface area contributed by atoms with Gasteiger partial charge in [-0.05, 0) is 30.1 Å². The molecule has 2 heteroatoms. The first-order valence-corrected chi connectivity index (χ1v) is 5.72. The molecule has 0 amide bonds. The van der Waals surface area contributed by atoms with Crippen LogP contribution in [0.15, 0.2) is 0 Å². The van der Waals surface area contributed by atoms with Gasteiger partial charge in [0, 0.05) is 5.54 Å². The molecule has 1 saturated carbocycles. The normalized spacial score (nSPS) is 38.1. The van der Waals surface area contributed by atoms with Gasteiger partial charge in [-0.25, -0.2) is 0 Å². The fourth-order valence-electron chi connectivity index (χ4n) is 2.73. The average molecular weight is 199 g/mol. The van der Waals surface area contributed by atoms with Crippen LogP contribution in [0.4, 0.5) is 0 Å². The molecule has 1 aliphatic carbocycles. The van der Waals surface area contributed by atoms with E-state index in [4.69, 9.17) is 5.73 Å². The Labute approximate surface area is 87.9 Å². The third-order valence-electron chi connectivity index (χ3n) is 3.60. The van der Waals surface area contributed by atoms with Crippen LogP contribution in [0.5, 0.6) is 0 Å². The van der Waals surface area contributed by atoms with Gasteiger partial charge in [0.05, 0.1) is 6.61 Å². The van der Waals surface area contributed by atoms with Crippen molar-refractivity contribution in [2.75, 3.05) is 6.61 Å². The maximum absolute atomic E-state index is 9.30. The molecule has 0 radical (unpaired) electrons. The third-order valence-corrected chi connectivity index (χ3v) is 3.60. The Hall–Kier alpha value is -0.0800. The summed E-state index contributed by atoms with van der Waals surface area (Å²) in [7, 11) is 0. The molecule has 84 valence electrons. The molecule has 0 saturated heterocycles. The Morgan fingerprint density at radius 3 is 2.36 bits per heavy atom. The van der Waals surface area contributed by atoms with Gasteiger partial charge in [0.1, 0.15) is 0 Å². The van der Waals surface area contributed by atoms with E-state index >= 15 is 0 Å². The maximum atomic E-state index is 9.30. The molecule has 3 N–H and O–H groups in total. The predicted octanol–water partition coefficient (Wildman–Crippen LogP) is 2.16. The van der Waals surface area contributed by atoms with Crippen LogP contribution in [0.25, 0.3) is 0 Å². The number of aliphatic hydroxyl groups excluding tert-OH is 1. The van der Waals surface area contributed by atoms with Crippen LogP contribution in [0.2, 0.25) is 0 Å². The lowest BCUT2D eigenvalue weighted by Gasteiger charge is -2.54. The summed E-state index contributed by atoms with van der Waals surface area (Å²) < 4.78 is 0. The largest absolute Gasteiger partial charge is 0.394 e. The molecule has 0 aromatic carbocycles. The second-order valence-electron chi connectivity index (χ2n) is 6.14. The molecule has 3 atom stereocenters. The van der Waals surface area contributed by atoms with Gasteiger partial charge >= 0.3 is 0 Å². The number of hydrogen-bond acceptors (Lipinski definition) is 2. The Morgan fingerprint density at radius 1 is 1.43 bits per heavy atom. The van der Waals surface area contributed by atoms with Crippen molar-refractivity contribution < 1.29 is 5.11 Å². The first kappa shape index (κ1) is 12.0. The van der Waals surface area contributed by atoms with Crippen LogP contribution >= 0.6 is 0 Å². The Morgan fingerprint density at radius 2 is 2.00 bits per heavy atom. The van der Waals surface area contributed by atoms with Crippen molar-refractivity contribution in [1.29, 1.82) is 0 Å². The van der Waals surface area contributed by atoms with Gasteiger partial charge in [-0.2, -0.15) is 0 Å². The Kier molecular flexibility index (Phi) is 3.27. The van der Waals surface area contributed by atoms with Crippen molar-refractivity contribution in [3.05, 3.63) is 0 Å². The summed E-state index contributed by atoms with van der Waals surface area (Å²) in [6.45, 7) is 9.10. The summed E-state index contributed by atoms with van der Waals surface area (Å²) in [4.78, 5) is 0. The van der Waals surface area contributed by atoms with Gasteiger partial charge in [-0.1, -0.05) is 34.1 Å². The molecule has 14 heavy (non-hydrogen) atoms. The highest BCUT2D eigenvalue weighted by molar-refractivity contribution is 5.05. The molecule has 2 nitrogen and oxygen atoms in total. The van der Waals surface area contributed by atoms with Crippen molar-refractivity contribution in [3.63, 3.8) is 0 Å². The fourth-order valence-corrected chi connectivity index (χ4v) is 2.73.